The van der Waals surface area contributed by atoms with E-state index in [9.17, 15) is 29.1 Å². The van der Waals surface area contributed by atoms with Gasteiger partial charge in [-0.05, 0) is 43.7 Å². The summed E-state index contributed by atoms with van der Waals surface area (Å²) >= 11 is 0. The van der Waals surface area contributed by atoms with Gasteiger partial charge in [-0.2, -0.15) is 0 Å². The molecule has 13 heteroatoms. The van der Waals surface area contributed by atoms with Crippen LogP contribution in [0.2, 0.25) is 0 Å². The zero-order chi connectivity index (χ0) is 31.5. The van der Waals surface area contributed by atoms with Crippen LogP contribution >= 0.6 is 0 Å². The highest BCUT2D eigenvalue weighted by Crippen LogP contribution is 2.29. The minimum absolute atomic E-state index is 0.0223. The average Bonchev–Trinajstić information content (AvgIpc) is 3.47. The molecule has 232 valence electrons. The van der Waals surface area contributed by atoms with E-state index in [0.717, 1.165) is 4.90 Å². The maximum absolute atomic E-state index is 13.0. The summed E-state index contributed by atoms with van der Waals surface area (Å²) in [6.07, 6.45) is -1.57. The molecule has 13 nitrogen and oxygen atoms in total. The maximum Gasteiger partial charge on any atom is 0.325 e. The number of nitrogens with zero attached hydrogens (tertiary/aromatic N) is 2. The summed E-state index contributed by atoms with van der Waals surface area (Å²) < 4.78 is 11.4. The van der Waals surface area contributed by atoms with E-state index < -0.39 is 48.7 Å². The molecule has 0 aliphatic carbocycles. The van der Waals surface area contributed by atoms with Gasteiger partial charge in [-0.3, -0.25) is 29.0 Å². The number of hydrogen-bond acceptors (Lipinski definition) is 8. The minimum atomic E-state index is -1.24. The number of benzene rings is 2. The van der Waals surface area contributed by atoms with Gasteiger partial charge in [-0.25, -0.2) is 4.79 Å². The van der Waals surface area contributed by atoms with Gasteiger partial charge in [-0.1, -0.05) is 37.3 Å². The molecular formula is C31H35N5O8. The minimum Gasteiger partial charge on any atom is -0.386 e. The summed E-state index contributed by atoms with van der Waals surface area (Å²) in [7, 11) is 1.39. The lowest BCUT2D eigenvalue weighted by molar-refractivity contribution is -0.126. The van der Waals surface area contributed by atoms with Gasteiger partial charge >= 0.3 is 6.03 Å². The smallest absolute Gasteiger partial charge is 0.325 e. The van der Waals surface area contributed by atoms with Gasteiger partial charge in [0.05, 0.1) is 11.1 Å². The second-order valence-corrected chi connectivity index (χ2v) is 11.0. The van der Waals surface area contributed by atoms with Gasteiger partial charge in [0.15, 0.2) is 6.23 Å². The summed E-state index contributed by atoms with van der Waals surface area (Å²) in [5.74, 6) is -2.02. The normalized spacial score (nSPS) is 25.8. The van der Waals surface area contributed by atoms with E-state index in [1.165, 1.54) is 18.2 Å². The van der Waals surface area contributed by atoms with Crippen LogP contribution in [0.3, 0.4) is 0 Å². The van der Waals surface area contributed by atoms with Gasteiger partial charge in [0.2, 0.25) is 5.91 Å². The monoisotopic (exact) mass is 605 g/mol. The third-order valence-electron chi connectivity index (χ3n) is 8.02. The number of carbonyl (C=O) groups is 5. The van der Waals surface area contributed by atoms with Crippen molar-refractivity contribution in [2.75, 3.05) is 13.7 Å². The number of fused-ring (bicyclic) bond motifs is 1. The third kappa shape index (κ3) is 6.07. The predicted octanol–water partition coefficient (Wildman–Crippen LogP) is 1.21. The Hall–Kier alpha value is -4.59. The molecule has 4 N–H and O–H groups in total. The molecule has 6 amide bonds. The van der Waals surface area contributed by atoms with Crippen molar-refractivity contribution in [3.63, 3.8) is 0 Å². The molecule has 3 heterocycles. The van der Waals surface area contributed by atoms with E-state index in [2.05, 4.69) is 16.0 Å². The largest absolute Gasteiger partial charge is 0.386 e. The van der Waals surface area contributed by atoms with Gasteiger partial charge < -0.3 is 30.5 Å². The van der Waals surface area contributed by atoms with Crippen molar-refractivity contribution in [1.29, 1.82) is 0 Å². The molecule has 1 saturated heterocycles. The first-order valence-electron chi connectivity index (χ1n) is 14.3. The highest BCUT2D eigenvalue weighted by atomic mass is 16.6. The summed E-state index contributed by atoms with van der Waals surface area (Å²) in [6, 6.07) is 14.1. The molecule has 2 aromatic rings. The Morgan fingerprint density at radius 1 is 1.02 bits per heavy atom. The topological polar surface area (TPSA) is 167 Å². The average molecular weight is 606 g/mol. The number of imide groups is 1. The van der Waals surface area contributed by atoms with Crippen LogP contribution in [0.1, 0.15) is 51.3 Å². The zero-order valence-electron chi connectivity index (χ0n) is 24.5. The number of urea groups is 1. The van der Waals surface area contributed by atoms with Gasteiger partial charge in [-0.15, -0.1) is 0 Å². The number of ether oxygens (including phenoxy) is 2. The second-order valence-electron chi connectivity index (χ2n) is 11.0. The summed E-state index contributed by atoms with van der Waals surface area (Å²) in [4.78, 5) is 66.3. The van der Waals surface area contributed by atoms with Crippen LogP contribution in [-0.2, 0) is 14.3 Å². The van der Waals surface area contributed by atoms with Gasteiger partial charge in [0, 0.05) is 37.4 Å². The fraction of sp³-hybridized carbons (Fsp3) is 0.387. The van der Waals surface area contributed by atoms with Crippen LogP contribution in [0, 0.1) is 5.92 Å². The lowest BCUT2D eigenvalue weighted by Crippen LogP contribution is -2.57. The first-order chi connectivity index (χ1) is 21.1. The molecule has 3 aliphatic rings. The third-order valence-corrected chi connectivity index (χ3v) is 8.02. The fourth-order valence-corrected chi connectivity index (χ4v) is 5.71. The molecule has 0 saturated carbocycles. The summed E-state index contributed by atoms with van der Waals surface area (Å²) in [5, 5.41) is 19.1. The molecule has 4 unspecified atom stereocenters. The lowest BCUT2D eigenvalue weighted by atomic mass is 10.0. The van der Waals surface area contributed by atoms with E-state index in [-0.39, 0.29) is 36.6 Å². The van der Waals surface area contributed by atoms with Crippen LogP contribution in [0.25, 0.3) is 0 Å². The number of nitrogens with one attached hydrogen (secondary N) is 3. The van der Waals surface area contributed by atoms with Crippen LogP contribution in [0.4, 0.5) is 4.79 Å². The van der Waals surface area contributed by atoms with E-state index in [4.69, 9.17) is 9.47 Å². The number of methoxy groups -OCH3 is 1. The molecule has 0 bridgehead atoms. The quantitative estimate of drug-likeness (QED) is 0.293. The van der Waals surface area contributed by atoms with Crippen molar-refractivity contribution in [2.45, 2.75) is 57.0 Å². The molecule has 44 heavy (non-hydrogen) atoms. The lowest BCUT2D eigenvalue weighted by Gasteiger charge is -2.32. The first-order valence-corrected chi connectivity index (χ1v) is 14.3. The number of carbonyl (C=O) groups excluding carboxylic acids is 5. The molecular weight excluding hydrogens is 570 g/mol. The fourth-order valence-electron chi connectivity index (χ4n) is 5.71. The van der Waals surface area contributed by atoms with Crippen molar-refractivity contribution in [3.05, 3.63) is 83.6 Å². The molecule has 5 rings (SSSR count). The zero-order valence-corrected chi connectivity index (χ0v) is 24.5. The number of hydrogen-bond donors (Lipinski definition) is 4. The van der Waals surface area contributed by atoms with E-state index in [0.29, 0.717) is 16.7 Å². The predicted molar refractivity (Wildman–Crippen MR) is 156 cm³/mol. The molecule has 0 aromatic heterocycles. The number of amides is 6. The Kier molecular flexibility index (Phi) is 9.09. The summed E-state index contributed by atoms with van der Waals surface area (Å²) in [6.45, 7) is 3.40. The first kappa shape index (κ1) is 30.9. The van der Waals surface area contributed by atoms with E-state index in [1.54, 1.807) is 74.5 Å². The molecule has 7 atom stereocenters. The van der Waals surface area contributed by atoms with Crippen molar-refractivity contribution in [2.24, 2.45) is 5.92 Å². The van der Waals surface area contributed by atoms with Crippen molar-refractivity contribution >= 4 is 29.7 Å². The Balaban J connectivity index is 1.14. The van der Waals surface area contributed by atoms with Crippen LogP contribution in [0.15, 0.2) is 66.9 Å². The number of aliphatic hydroxyl groups is 1. The second kappa shape index (κ2) is 13.0. The van der Waals surface area contributed by atoms with Crippen LogP contribution in [-0.4, -0.2) is 95.0 Å². The van der Waals surface area contributed by atoms with Crippen molar-refractivity contribution in [3.8, 4) is 0 Å². The van der Waals surface area contributed by atoms with Crippen LogP contribution < -0.4 is 16.0 Å². The Morgan fingerprint density at radius 3 is 2.27 bits per heavy atom. The highest BCUT2D eigenvalue weighted by Gasteiger charge is 2.48. The Labute approximate surface area is 254 Å². The Morgan fingerprint density at radius 2 is 1.66 bits per heavy atom. The highest BCUT2D eigenvalue weighted by molar-refractivity contribution is 6.21. The molecule has 3 aliphatic heterocycles. The van der Waals surface area contributed by atoms with Gasteiger partial charge in [0.25, 0.3) is 17.7 Å². The van der Waals surface area contributed by atoms with E-state index >= 15 is 0 Å². The Bertz CT molecular complexity index is 1430. The number of rotatable bonds is 10. The SMILES string of the molecule is CO[C@@H]1C(O)[C@H](N2C=CC(NC(=O)c3ccccc3)NC2=O)O[C@@H]1CNC(=O)C(C)CC(C)N1C(=O)c2ccccc2C1=O. The summed E-state index contributed by atoms with van der Waals surface area (Å²) in [5.41, 5.74) is 1.14. The van der Waals surface area contributed by atoms with Crippen molar-refractivity contribution in [1.82, 2.24) is 25.8 Å². The molecule has 1 fully saturated rings. The van der Waals surface area contributed by atoms with Crippen LogP contribution in [0.5, 0.6) is 0 Å². The van der Waals surface area contributed by atoms with E-state index in [1.807, 2.05) is 0 Å². The molecule has 0 radical (unpaired) electrons. The van der Waals surface area contributed by atoms with Gasteiger partial charge in [0.1, 0.15) is 24.5 Å². The standard InChI is InChI=1S/C31H35N5O8/c1-17(15-18(2)36-28(40)20-11-7-8-12-21(20)29(36)41)26(38)32-16-22-25(43-3)24(37)30(44-22)35-14-13-23(34-31(35)42)33-27(39)19-9-5-4-6-10-19/h4-14,17-18,22-25,30,37H,15-16H2,1-3H3,(H,32,38)(H,33,39)(H,34,42)/t17?,18?,22-,23?,24?,25+,30-/m1/s1. The molecule has 0 spiro atoms. The molecule has 2 aromatic carbocycles. The van der Waals surface area contributed by atoms with Crippen molar-refractivity contribution < 1.29 is 38.6 Å². The maximum atomic E-state index is 13.0. The number of aliphatic hydroxyl groups excluding tert-OH is 1.